The summed E-state index contributed by atoms with van der Waals surface area (Å²) in [6.07, 6.45) is 22.4. The Labute approximate surface area is 210 Å². The first kappa shape index (κ1) is 21.8. The Morgan fingerprint density at radius 1 is 0.971 bits per heavy atom. The summed E-state index contributed by atoms with van der Waals surface area (Å²) >= 11 is 0. The van der Waals surface area contributed by atoms with Crippen LogP contribution in [0.25, 0.3) is 22.3 Å². The van der Waals surface area contributed by atoms with E-state index >= 15 is 0 Å². The van der Waals surface area contributed by atoms with Gasteiger partial charge in [0.1, 0.15) is 6.67 Å². The third-order valence-corrected chi connectivity index (χ3v) is 7.80. The first-order chi connectivity index (χ1) is 17.3. The lowest BCUT2D eigenvalue weighted by molar-refractivity contribution is 0.406. The second kappa shape index (κ2) is 9.50. The second-order valence-electron chi connectivity index (χ2n) is 9.02. The van der Waals surface area contributed by atoms with Gasteiger partial charge >= 0.3 is 0 Å². The Hall–Kier alpha value is -3.72. The van der Waals surface area contributed by atoms with E-state index in [0.29, 0.717) is 6.67 Å². The number of hydrogen-bond acceptors (Lipinski definition) is 4. The largest absolute Gasteiger partial charge is 0.480 e. The molecular weight excluding hydrogens is 446 g/mol. The van der Waals surface area contributed by atoms with Crippen LogP contribution >= 0.6 is 0 Å². The highest BCUT2D eigenvalue weighted by Crippen LogP contribution is 2.49. The fourth-order valence-electron chi connectivity index (χ4n) is 5.34. The maximum Gasteiger partial charge on any atom is 0.110 e. The Balaban J connectivity index is 1.34. The van der Waals surface area contributed by atoms with E-state index in [4.69, 9.17) is 5.69 Å². The quantitative estimate of drug-likeness (QED) is 0.438. The van der Waals surface area contributed by atoms with Crippen molar-refractivity contribution in [3.63, 3.8) is 0 Å². The monoisotopic (exact) mass is 474 g/mol. The van der Waals surface area contributed by atoms with Crippen molar-refractivity contribution in [3.05, 3.63) is 118 Å². The van der Waals surface area contributed by atoms with E-state index in [1.165, 1.54) is 50.2 Å². The van der Waals surface area contributed by atoms with Crippen LogP contribution in [0.5, 0.6) is 0 Å². The molecule has 6 rings (SSSR count). The van der Waals surface area contributed by atoms with E-state index in [2.05, 4.69) is 87.5 Å². The minimum atomic E-state index is -0.473. The number of fused-ring (bicyclic) bond motifs is 3. The molecule has 0 spiro atoms. The maximum absolute atomic E-state index is 6.01. The molecule has 0 unspecified atom stereocenters. The number of benzene rings is 2. The molecule has 3 nitrogen and oxygen atoms in total. The van der Waals surface area contributed by atoms with Gasteiger partial charge in [-0.25, -0.2) is 0 Å². The molecule has 0 radical (unpaired) electrons. The van der Waals surface area contributed by atoms with Crippen molar-refractivity contribution in [1.82, 2.24) is 9.62 Å². The lowest BCUT2D eigenvalue weighted by Crippen LogP contribution is -2.22. The molecule has 35 heavy (non-hydrogen) atoms. The van der Waals surface area contributed by atoms with E-state index in [1.54, 1.807) is 0 Å². The van der Waals surface area contributed by atoms with Crippen LogP contribution in [0.4, 0.5) is 0 Å². The summed E-state index contributed by atoms with van der Waals surface area (Å²) in [7, 11) is -0.473. The van der Waals surface area contributed by atoms with E-state index in [0.717, 1.165) is 25.8 Å². The number of aliphatic imine (C=N–C) groups is 1. The molecule has 4 heteroatoms. The molecule has 0 fully saturated rings. The molecule has 2 aromatic carbocycles. The van der Waals surface area contributed by atoms with E-state index in [-0.39, 0.29) is 0 Å². The van der Waals surface area contributed by atoms with Crippen LogP contribution in [0, 0.1) is 5.69 Å². The van der Waals surface area contributed by atoms with Gasteiger partial charge in [-0.2, -0.15) is 5.41 Å². The molecule has 0 atom stereocenters. The molecule has 0 amide bonds. The van der Waals surface area contributed by atoms with Crippen molar-refractivity contribution in [3.8, 4) is 16.8 Å². The van der Waals surface area contributed by atoms with Crippen molar-refractivity contribution in [1.29, 1.82) is 0 Å². The highest BCUT2D eigenvalue weighted by atomic mass is 32.2. The van der Waals surface area contributed by atoms with Crippen LogP contribution in [0.2, 0.25) is 0 Å². The smallest absolute Gasteiger partial charge is 0.110 e. The summed E-state index contributed by atoms with van der Waals surface area (Å²) in [6, 6.07) is 13.5. The molecule has 2 aromatic rings. The van der Waals surface area contributed by atoms with Gasteiger partial charge < -0.3 is 20.1 Å². The van der Waals surface area contributed by atoms with Gasteiger partial charge in [-0.3, -0.25) is 10.7 Å². The van der Waals surface area contributed by atoms with Crippen LogP contribution in [0.15, 0.2) is 101 Å². The van der Waals surface area contributed by atoms with Crippen molar-refractivity contribution in [2.45, 2.75) is 19.3 Å². The summed E-state index contributed by atoms with van der Waals surface area (Å²) in [6.45, 7) is 1.36. The Kier molecular flexibility index (Phi) is 5.91. The first-order valence-corrected chi connectivity index (χ1v) is 13.5. The normalized spacial score (nSPS) is 21.8. The average molecular weight is 475 g/mol. The number of hydrogen-bond donors (Lipinski definition) is 1. The minimum Gasteiger partial charge on any atom is -0.480 e. The molecule has 0 aromatic heterocycles. The molecular formula is C31H28N3S-. The van der Waals surface area contributed by atoms with Gasteiger partial charge in [-0.1, -0.05) is 66.8 Å². The molecule has 3 aliphatic carbocycles. The zero-order valence-corrected chi connectivity index (χ0v) is 20.5. The minimum absolute atomic E-state index is 0.473. The van der Waals surface area contributed by atoms with Crippen LogP contribution in [0.3, 0.4) is 0 Å². The van der Waals surface area contributed by atoms with Crippen LogP contribution in [-0.4, -0.2) is 24.3 Å². The van der Waals surface area contributed by atoms with Gasteiger partial charge in [0.25, 0.3) is 0 Å². The van der Waals surface area contributed by atoms with Gasteiger partial charge in [-0.15, -0.1) is 0 Å². The summed E-state index contributed by atoms with van der Waals surface area (Å²) in [5.41, 5.74) is 18.5. The standard InChI is InChI=1S/C31H28N3S/c1-35-21-7-18-32-22-34(20-6-19-33-35)24-9-4-8-23(14-15-24)25-16-17-30-27-11-3-2-10-26(27)29-13-5-12-28(25)31(29)30/h1-4,6-7,9-11,13-19,21,33H,5,8,12,20,22H2/q-1/b19-6-,21-7-,32-18-. The van der Waals surface area contributed by atoms with Gasteiger partial charge in [0.2, 0.25) is 0 Å². The zero-order valence-electron chi connectivity index (χ0n) is 19.7. The van der Waals surface area contributed by atoms with Crippen LogP contribution in [0.1, 0.15) is 35.1 Å². The fourth-order valence-corrected chi connectivity index (χ4v) is 5.92. The molecule has 1 N–H and O–H groups in total. The molecule has 0 bridgehead atoms. The van der Waals surface area contributed by atoms with Crippen molar-refractivity contribution < 1.29 is 0 Å². The Morgan fingerprint density at radius 3 is 2.80 bits per heavy atom. The summed E-state index contributed by atoms with van der Waals surface area (Å²) < 4.78 is 3.19. The van der Waals surface area contributed by atoms with Gasteiger partial charge in [0.15, 0.2) is 0 Å². The lowest BCUT2D eigenvalue weighted by Gasteiger charge is -2.22. The predicted octanol–water partition coefficient (Wildman–Crippen LogP) is 6.36. The number of rotatable bonds is 2. The molecule has 0 saturated carbocycles. The summed E-state index contributed by atoms with van der Waals surface area (Å²) in [4.78, 5) is 6.84. The van der Waals surface area contributed by atoms with Crippen molar-refractivity contribution in [2.75, 3.05) is 13.2 Å². The van der Waals surface area contributed by atoms with Gasteiger partial charge in [-0.05, 0) is 82.1 Å². The second-order valence-corrected chi connectivity index (χ2v) is 10.3. The topological polar surface area (TPSA) is 27.6 Å². The average Bonchev–Trinajstić information content (AvgIpc) is 3.03. The third kappa shape index (κ3) is 4.16. The SMILES string of the molecule is C#[S-]1/C=C\C=N/CN(C2=CC=C(c3ccc4c5c3CCC=C5c3ccccc3-4)CC=C2)C/C=C\N1. The Bertz CT molecular complexity index is 1470. The van der Waals surface area contributed by atoms with E-state index in [1.807, 2.05) is 23.9 Å². The molecule has 4 aliphatic rings. The van der Waals surface area contributed by atoms with Crippen molar-refractivity contribution >= 4 is 27.8 Å². The van der Waals surface area contributed by atoms with E-state index in [9.17, 15) is 0 Å². The third-order valence-electron chi connectivity index (χ3n) is 6.94. The van der Waals surface area contributed by atoms with Crippen LogP contribution in [-0.2, 0) is 16.9 Å². The van der Waals surface area contributed by atoms with Crippen LogP contribution < -0.4 is 4.72 Å². The fraction of sp³-hybridized carbons (Fsp3) is 0.161. The van der Waals surface area contributed by atoms with E-state index < -0.39 is 10.5 Å². The highest BCUT2D eigenvalue weighted by Gasteiger charge is 2.29. The summed E-state index contributed by atoms with van der Waals surface area (Å²) in [5.74, 6) is 0. The number of nitrogens with zero attached hydrogens (tertiary/aromatic N) is 2. The van der Waals surface area contributed by atoms with Gasteiger partial charge in [0, 0.05) is 18.5 Å². The maximum atomic E-state index is 6.01. The lowest BCUT2D eigenvalue weighted by atomic mass is 9.84. The van der Waals surface area contributed by atoms with Crippen molar-refractivity contribution in [2.24, 2.45) is 4.99 Å². The highest BCUT2D eigenvalue weighted by molar-refractivity contribution is 7.87. The molecule has 1 aliphatic heterocycles. The molecule has 174 valence electrons. The number of nitrogens with one attached hydrogen (secondary N) is 1. The predicted molar refractivity (Wildman–Crippen MR) is 151 cm³/mol. The molecule has 0 saturated heterocycles. The molecule has 1 heterocycles. The first-order valence-electron chi connectivity index (χ1n) is 12.1. The zero-order chi connectivity index (χ0) is 23.6. The Morgan fingerprint density at radius 2 is 1.86 bits per heavy atom. The number of allylic oxidation sites excluding steroid dienone is 7. The summed E-state index contributed by atoms with van der Waals surface area (Å²) in [5, 5.41) is 1.92. The van der Waals surface area contributed by atoms with Gasteiger partial charge in [0.05, 0.1) is 0 Å².